The van der Waals surface area contributed by atoms with E-state index in [2.05, 4.69) is 20.3 Å². The summed E-state index contributed by atoms with van der Waals surface area (Å²) in [6.45, 7) is 7.63. The number of rotatable bonds is 4. The molecule has 2 aliphatic rings. The molecule has 1 aromatic carbocycles. The number of carbonyl (C=O) groups is 2. The largest absolute Gasteiger partial charge is 0.444 e. The minimum absolute atomic E-state index is 0.0363. The predicted molar refractivity (Wildman–Crippen MR) is 144 cm³/mol. The smallest absolute Gasteiger partial charge is 0.419 e. The van der Waals surface area contributed by atoms with Crippen molar-refractivity contribution in [3.63, 3.8) is 0 Å². The number of aromatic amines is 1. The Balaban J connectivity index is 1.41. The molecule has 9 nitrogen and oxygen atoms in total. The number of aromatic nitrogens is 3. The lowest BCUT2D eigenvalue weighted by molar-refractivity contribution is -0.137. The molecule has 1 atom stereocenters. The Morgan fingerprint density at radius 1 is 1.07 bits per heavy atom. The van der Waals surface area contributed by atoms with Gasteiger partial charge < -0.3 is 24.8 Å². The molecule has 0 radical (unpaired) electrons. The van der Waals surface area contributed by atoms with Gasteiger partial charge in [-0.3, -0.25) is 4.79 Å². The summed E-state index contributed by atoms with van der Waals surface area (Å²) >= 11 is 0. The van der Waals surface area contributed by atoms with Crippen molar-refractivity contribution in [1.29, 1.82) is 0 Å². The first-order valence-corrected chi connectivity index (χ1v) is 13.5. The number of ether oxygens (including phenoxy) is 1. The van der Waals surface area contributed by atoms with E-state index in [4.69, 9.17) is 4.74 Å². The average molecular weight is 559 g/mol. The zero-order chi connectivity index (χ0) is 28.7. The Labute approximate surface area is 230 Å². The third-order valence-corrected chi connectivity index (χ3v) is 7.08. The van der Waals surface area contributed by atoms with Gasteiger partial charge in [0.15, 0.2) is 0 Å². The molecule has 0 saturated carbocycles. The second-order valence-corrected chi connectivity index (χ2v) is 11.3. The molecule has 12 heteroatoms. The summed E-state index contributed by atoms with van der Waals surface area (Å²) in [5.41, 5.74) is -0.584. The number of nitrogens with zero attached hydrogens (tertiary/aromatic N) is 4. The molecule has 2 aliphatic heterocycles. The summed E-state index contributed by atoms with van der Waals surface area (Å²) in [6.07, 6.45) is 0.460. The molecule has 0 aliphatic carbocycles. The van der Waals surface area contributed by atoms with Crippen molar-refractivity contribution in [3.05, 3.63) is 41.7 Å². The van der Waals surface area contributed by atoms with Crippen molar-refractivity contribution >= 4 is 28.9 Å². The number of amides is 2. The predicted octanol–water partition coefficient (Wildman–Crippen LogP) is 5.69. The van der Waals surface area contributed by atoms with E-state index in [1.165, 1.54) is 6.20 Å². The average Bonchev–Trinajstić information content (AvgIpc) is 3.57. The van der Waals surface area contributed by atoms with Crippen LogP contribution < -0.4 is 5.32 Å². The molecule has 0 bridgehead atoms. The number of H-pyrrole nitrogens is 1. The van der Waals surface area contributed by atoms with Crippen LogP contribution in [-0.4, -0.2) is 74.6 Å². The Morgan fingerprint density at radius 2 is 1.80 bits per heavy atom. The summed E-state index contributed by atoms with van der Waals surface area (Å²) < 4.78 is 47.6. The van der Waals surface area contributed by atoms with Gasteiger partial charge in [-0.25, -0.2) is 14.8 Å². The van der Waals surface area contributed by atoms with E-state index in [1.54, 1.807) is 48.8 Å². The first-order chi connectivity index (χ1) is 18.9. The van der Waals surface area contributed by atoms with E-state index in [-0.39, 0.29) is 29.2 Å². The van der Waals surface area contributed by atoms with Crippen LogP contribution in [-0.2, 0) is 10.9 Å². The van der Waals surface area contributed by atoms with Crippen LogP contribution in [0.25, 0.3) is 22.2 Å². The molecule has 2 saturated heterocycles. The lowest BCUT2D eigenvalue weighted by Gasteiger charge is -2.34. The Kier molecular flexibility index (Phi) is 7.36. The van der Waals surface area contributed by atoms with Gasteiger partial charge in [-0.05, 0) is 58.6 Å². The van der Waals surface area contributed by atoms with Crippen molar-refractivity contribution in [1.82, 2.24) is 24.8 Å². The van der Waals surface area contributed by atoms with Gasteiger partial charge in [0.2, 0.25) is 5.95 Å². The second-order valence-electron chi connectivity index (χ2n) is 11.3. The van der Waals surface area contributed by atoms with Crippen LogP contribution >= 0.6 is 0 Å². The molecule has 4 heterocycles. The fraction of sp³-hybridized carbons (Fsp3) is 0.500. The molecular weight excluding hydrogens is 525 g/mol. The SMILES string of the molecule is CC(C)(C)OC(=O)N1CCCC(Nc2ncc(C(F)(F)F)c(-c3c[nH]c4cc(C(=O)N5CCCC5)ccc34)n2)C1. The van der Waals surface area contributed by atoms with Crippen LogP contribution in [0.1, 0.15) is 62.4 Å². The number of piperidine rings is 1. The zero-order valence-electron chi connectivity index (χ0n) is 22.8. The van der Waals surface area contributed by atoms with Gasteiger partial charge in [0.25, 0.3) is 5.91 Å². The Bertz CT molecular complexity index is 1410. The molecule has 2 N–H and O–H groups in total. The number of carbonyl (C=O) groups excluding carboxylic acids is 2. The maximum atomic E-state index is 14.0. The standard InChI is InChI=1S/C28H33F3N6O3/c1-27(2,3)40-26(39)37-12-6-7-18(16-37)34-25-33-15-21(28(29,30)31)23(35-25)20-14-32-22-13-17(8-9-19(20)22)24(38)36-10-4-5-11-36/h8-9,13-15,18,32H,4-7,10-12,16H2,1-3H3,(H,33,34,35). The van der Waals surface area contributed by atoms with Gasteiger partial charge in [0.1, 0.15) is 11.2 Å². The van der Waals surface area contributed by atoms with Crippen LogP contribution in [0.3, 0.4) is 0 Å². The molecule has 2 amide bonds. The van der Waals surface area contributed by atoms with Crippen molar-refractivity contribution < 1.29 is 27.5 Å². The van der Waals surface area contributed by atoms with Crippen LogP contribution in [0.5, 0.6) is 0 Å². The molecule has 1 unspecified atom stereocenters. The number of hydrogen-bond donors (Lipinski definition) is 2. The third kappa shape index (κ3) is 6.00. The lowest BCUT2D eigenvalue weighted by Crippen LogP contribution is -2.47. The highest BCUT2D eigenvalue weighted by atomic mass is 19.4. The van der Waals surface area contributed by atoms with Gasteiger partial charge in [-0.2, -0.15) is 13.2 Å². The second kappa shape index (κ2) is 10.6. The Morgan fingerprint density at radius 3 is 2.50 bits per heavy atom. The number of halogens is 3. The normalized spacial score (nSPS) is 18.3. The molecule has 214 valence electrons. The Hall–Kier alpha value is -3.83. The summed E-state index contributed by atoms with van der Waals surface area (Å²) in [4.78, 5) is 40.0. The van der Waals surface area contributed by atoms with Gasteiger partial charge in [0.05, 0.1) is 5.69 Å². The first kappa shape index (κ1) is 27.7. The third-order valence-electron chi connectivity index (χ3n) is 7.08. The van der Waals surface area contributed by atoms with Crippen LogP contribution in [0.15, 0.2) is 30.6 Å². The van der Waals surface area contributed by atoms with E-state index in [0.717, 1.165) is 19.0 Å². The molecule has 5 rings (SSSR count). The number of nitrogens with one attached hydrogen (secondary N) is 2. The monoisotopic (exact) mass is 558 g/mol. The molecular formula is C28H33F3N6O3. The number of alkyl halides is 3. The number of hydrogen-bond acceptors (Lipinski definition) is 6. The maximum absolute atomic E-state index is 14.0. The zero-order valence-corrected chi connectivity index (χ0v) is 22.8. The van der Waals surface area contributed by atoms with Crippen LogP contribution in [0.2, 0.25) is 0 Å². The summed E-state index contributed by atoms with van der Waals surface area (Å²) in [7, 11) is 0. The van der Waals surface area contributed by atoms with Gasteiger partial charge >= 0.3 is 12.3 Å². The van der Waals surface area contributed by atoms with Crippen molar-refractivity contribution in [2.75, 3.05) is 31.5 Å². The molecule has 2 aromatic heterocycles. The number of fused-ring (bicyclic) bond motifs is 1. The summed E-state index contributed by atoms with van der Waals surface area (Å²) in [5, 5.41) is 3.63. The lowest BCUT2D eigenvalue weighted by atomic mass is 10.0. The molecule has 0 spiro atoms. The highest BCUT2D eigenvalue weighted by Gasteiger charge is 2.36. The fourth-order valence-electron chi connectivity index (χ4n) is 5.19. The summed E-state index contributed by atoms with van der Waals surface area (Å²) in [5.74, 6) is -0.0535. The van der Waals surface area contributed by atoms with E-state index in [9.17, 15) is 22.8 Å². The molecule has 40 heavy (non-hydrogen) atoms. The number of anilines is 1. The molecule has 2 fully saturated rings. The van der Waals surface area contributed by atoms with E-state index in [0.29, 0.717) is 55.5 Å². The van der Waals surface area contributed by atoms with E-state index < -0.39 is 23.4 Å². The van der Waals surface area contributed by atoms with Crippen molar-refractivity contribution in [3.8, 4) is 11.3 Å². The van der Waals surface area contributed by atoms with Crippen molar-refractivity contribution in [2.45, 2.75) is 64.3 Å². The van der Waals surface area contributed by atoms with E-state index in [1.807, 2.05) is 0 Å². The van der Waals surface area contributed by atoms with Crippen molar-refractivity contribution in [2.24, 2.45) is 0 Å². The van der Waals surface area contributed by atoms with Gasteiger partial charge in [-0.15, -0.1) is 0 Å². The fourth-order valence-corrected chi connectivity index (χ4v) is 5.19. The quantitative estimate of drug-likeness (QED) is 0.427. The van der Waals surface area contributed by atoms with Crippen LogP contribution in [0, 0.1) is 0 Å². The minimum atomic E-state index is -4.68. The minimum Gasteiger partial charge on any atom is -0.444 e. The van der Waals surface area contributed by atoms with E-state index >= 15 is 0 Å². The molecule has 3 aromatic rings. The maximum Gasteiger partial charge on any atom is 0.419 e. The first-order valence-electron chi connectivity index (χ1n) is 13.5. The topological polar surface area (TPSA) is 103 Å². The highest BCUT2D eigenvalue weighted by Crippen LogP contribution is 2.39. The summed E-state index contributed by atoms with van der Waals surface area (Å²) in [6, 6.07) is 4.70. The number of benzene rings is 1. The number of likely N-dealkylation sites (tertiary alicyclic amines) is 2. The highest BCUT2D eigenvalue weighted by molar-refractivity contribution is 6.02. The van der Waals surface area contributed by atoms with Crippen LogP contribution in [0.4, 0.5) is 23.9 Å². The van der Waals surface area contributed by atoms with Gasteiger partial charge in [0, 0.05) is 66.6 Å². The van der Waals surface area contributed by atoms with Gasteiger partial charge in [-0.1, -0.05) is 6.07 Å².